The molecule has 2 rings (SSSR count). The van der Waals surface area contributed by atoms with Crippen molar-refractivity contribution in [3.63, 3.8) is 0 Å². The summed E-state index contributed by atoms with van der Waals surface area (Å²) in [6, 6.07) is 10.8. The Kier molecular flexibility index (Phi) is 4.47. The maximum absolute atomic E-state index is 11.3. The molecule has 0 saturated carbocycles. The largest absolute Gasteiger partial charge is 0.466 e. The van der Waals surface area contributed by atoms with E-state index < -0.39 is 5.60 Å². The molecule has 1 atom stereocenters. The summed E-state index contributed by atoms with van der Waals surface area (Å²) in [7, 11) is 0. The number of halogens is 1. The van der Waals surface area contributed by atoms with Crippen molar-refractivity contribution < 1.29 is 14.3 Å². The molecule has 20 heavy (non-hydrogen) atoms. The van der Waals surface area contributed by atoms with Gasteiger partial charge in [0.05, 0.1) is 12.8 Å². The molecule has 0 aliphatic heterocycles. The van der Waals surface area contributed by atoms with Gasteiger partial charge in [0.25, 0.3) is 0 Å². The van der Waals surface area contributed by atoms with Crippen molar-refractivity contribution in [2.24, 2.45) is 0 Å². The van der Waals surface area contributed by atoms with Crippen molar-refractivity contribution in [3.8, 4) is 0 Å². The monoisotopic (exact) mass is 293 g/mol. The van der Waals surface area contributed by atoms with Gasteiger partial charge >= 0.3 is 0 Å². The number of carbonyl (C=O) groups excluding carboxylic acids is 1. The van der Waals surface area contributed by atoms with E-state index in [1.54, 1.807) is 12.1 Å². The zero-order valence-corrected chi connectivity index (χ0v) is 11.9. The Bertz CT molecular complexity index is 565. The molecule has 0 aliphatic rings. The van der Waals surface area contributed by atoms with E-state index in [1.165, 1.54) is 6.26 Å². The van der Waals surface area contributed by atoms with Crippen LogP contribution in [0.5, 0.6) is 0 Å². The Morgan fingerprint density at radius 2 is 2.05 bits per heavy atom. The molecule has 2 aromatic rings. The topological polar surface area (TPSA) is 62.5 Å². The molecule has 1 unspecified atom stereocenters. The highest BCUT2D eigenvalue weighted by molar-refractivity contribution is 6.27. The molecular formula is C15H16ClNO3. The maximum atomic E-state index is 11.3. The standard InChI is InChI=1S/C15H16ClNO3/c1-11-4-6-12(7-5-11)15(19,10-17-14(18)9-16)13-3-2-8-20-13/h2-8,19H,9-10H2,1H3,(H,17,18). The number of amides is 1. The van der Waals surface area contributed by atoms with Crippen molar-refractivity contribution >= 4 is 17.5 Å². The van der Waals surface area contributed by atoms with Gasteiger partial charge in [0.2, 0.25) is 5.91 Å². The fraction of sp³-hybridized carbons (Fsp3) is 0.267. The smallest absolute Gasteiger partial charge is 0.235 e. The van der Waals surface area contributed by atoms with Crippen LogP contribution >= 0.6 is 11.6 Å². The normalized spacial score (nSPS) is 13.8. The van der Waals surface area contributed by atoms with E-state index in [9.17, 15) is 9.90 Å². The first-order chi connectivity index (χ1) is 9.56. The first-order valence-electron chi connectivity index (χ1n) is 6.22. The minimum atomic E-state index is -1.42. The number of aliphatic hydroxyl groups is 1. The number of carbonyl (C=O) groups is 1. The number of aryl methyl sites for hydroxylation is 1. The van der Waals surface area contributed by atoms with Crippen molar-refractivity contribution in [3.05, 3.63) is 59.5 Å². The van der Waals surface area contributed by atoms with Crippen LogP contribution in [-0.2, 0) is 10.4 Å². The van der Waals surface area contributed by atoms with Crippen molar-refractivity contribution in [1.82, 2.24) is 5.32 Å². The minimum Gasteiger partial charge on any atom is -0.466 e. The second-order valence-corrected chi connectivity index (χ2v) is 4.88. The summed E-state index contributed by atoms with van der Waals surface area (Å²) in [5.74, 6) is -0.123. The van der Waals surface area contributed by atoms with E-state index in [2.05, 4.69) is 5.32 Å². The first kappa shape index (κ1) is 14.6. The second-order valence-electron chi connectivity index (χ2n) is 4.61. The van der Waals surface area contributed by atoms with Crippen LogP contribution in [-0.4, -0.2) is 23.4 Å². The van der Waals surface area contributed by atoms with E-state index in [4.69, 9.17) is 16.0 Å². The Hall–Kier alpha value is -1.78. The average molecular weight is 294 g/mol. The van der Waals surface area contributed by atoms with Gasteiger partial charge in [-0.05, 0) is 24.6 Å². The Morgan fingerprint density at radius 3 is 2.60 bits per heavy atom. The molecule has 0 saturated heterocycles. The van der Waals surface area contributed by atoms with E-state index in [-0.39, 0.29) is 18.3 Å². The molecule has 0 aliphatic carbocycles. The molecular weight excluding hydrogens is 278 g/mol. The predicted molar refractivity (Wildman–Crippen MR) is 76.6 cm³/mol. The fourth-order valence-corrected chi connectivity index (χ4v) is 2.04. The molecule has 1 amide bonds. The van der Waals surface area contributed by atoms with Crippen molar-refractivity contribution in [2.75, 3.05) is 12.4 Å². The Labute approximate surface area is 122 Å². The third-order valence-electron chi connectivity index (χ3n) is 3.12. The van der Waals surface area contributed by atoms with E-state index >= 15 is 0 Å². The molecule has 1 aromatic heterocycles. The lowest BCUT2D eigenvalue weighted by atomic mass is 9.90. The lowest BCUT2D eigenvalue weighted by molar-refractivity contribution is -0.119. The van der Waals surface area contributed by atoms with Crippen LogP contribution < -0.4 is 5.32 Å². The quantitative estimate of drug-likeness (QED) is 0.831. The fourth-order valence-electron chi connectivity index (χ4n) is 1.95. The van der Waals surface area contributed by atoms with Crippen LogP contribution in [0.15, 0.2) is 47.1 Å². The summed E-state index contributed by atoms with van der Waals surface area (Å²) in [6.45, 7) is 1.96. The van der Waals surface area contributed by atoms with Gasteiger partial charge in [-0.3, -0.25) is 4.79 Å². The van der Waals surface area contributed by atoms with Gasteiger partial charge in [-0.25, -0.2) is 0 Å². The maximum Gasteiger partial charge on any atom is 0.235 e. The molecule has 1 heterocycles. The van der Waals surface area contributed by atoms with Gasteiger partial charge in [-0.15, -0.1) is 11.6 Å². The molecule has 0 radical (unpaired) electrons. The third-order valence-corrected chi connectivity index (χ3v) is 3.36. The molecule has 1 aromatic carbocycles. The Balaban J connectivity index is 2.33. The summed E-state index contributed by atoms with van der Waals surface area (Å²) in [5.41, 5.74) is 0.312. The first-order valence-corrected chi connectivity index (χ1v) is 6.76. The highest BCUT2D eigenvalue weighted by atomic mass is 35.5. The second kappa shape index (κ2) is 6.11. The summed E-state index contributed by atoms with van der Waals surface area (Å²) >= 11 is 5.46. The highest BCUT2D eigenvalue weighted by Crippen LogP contribution is 2.29. The molecule has 2 N–H and O–H groups in total. The van der Waals surface area contributed by atoms with Crippen molar-refractivity contribution in [2.45, 2.75) is 12.5 Å². The van der Waals surface area contributed by atoms with Crippen LogP contribution in [0.1, 0.15) is 16.9 Å². The minimum absolute atomic E-state index is 0.00483. The zero-order chi connectivity index (χ0) is 14.6. The number of rotatable bonds is 5. The van der Waals surface area contributed by atoms with Crippen LogP contribution in [0.25, 0.3) is 0 Å². The van der Waals surface area contributed by atoms with Gasteiger partial charge in [0, 0.05) is 0 Å². The van der Waals surface area contributed by atoms with Gasteiger partial charge in [-0.1, -0.05) is 29.8 Å². The SMILES string of the molecule is Cc1ccc(C(O)(CNC(=O)CCl)c2ccco2)cc1. The molecule has 106 valence electrons. The molecule has 0 fully saturated rings. The average Bonchev–Trinajstić information content (AvgIpc) is 2.99. The van der Waals surface area contributed by atoms with Crippen molar-refractivity contribution in [1.29, 1.82) is 0 Å². The molecule has 5 heteroatoms. The van der Waals surface area contributed by atoms with E-state index in [0.29, 0.717) is 11.3 Å². The third kappa shape index (κ3) is 3.03. The van der Waals surface area contributed by atoms with E-state index in [0.717, 1.165) is 5.56 Å². The van der Waals surface area contributed by atoms with Gasteiger partial charge < -0.3 is 14.8 Å². The summed E-state index contributed by atoms with van der Waals surface area (Å²) in [5, 5.41) is 13.5. The van der Waals surface area contributed by atoms with Gasteiger partial charge in [-0.2, -0.15) is 0 Å². The van der Waals surface area contributed by atoms with Crippen LogP contribution in [0.3, 0.4) is 0 Å². The number of nitrogens with one attached hydrogen (secondary N) is 1. The molecule has 0 spiro atoms. The van der Waals surface area contributed by atoms with Gasteiger partial charge in [0.15, 0.2) is 5.60 Å². The highest BCUT2D eigenvalue weighted by Gasteiger charge is 2.34. The summed E-state index contributed by atoms with van der Waals surface area (Å²) in [4.78, 5) is 11.3. The number of alkyl halides is 1. The number of benzene rings is 1. The van der Waals surface area contributed by atoms with Crippen LogP contribution in [0.4, 0.5) is 0 Å². The molecule has 0 bridgehead atoms. The van der Waals surface area contributed by atoms with E-state index in [1.807, 2.05) is 31.2 Å². The zero-order valence-electron chi connectivity index (χ0n) is 11.1. The number of furan rings is 1. The number of hydrogen-bond acceptors (Lipinski definition) is 3. The number of hydrogen-bond donors (Lipinski definition) is 2. The van der Waals surface area contributed by atoms with Crippen LogP contribution in [0, 0.1) is 6.92 Å². The van der Waals surface area contributed by atoms with Gasteiger partial charge in [0.1, 0.15) is 11.6 Å². The lowest BCUT2D eigenvalue weighted by Gasteiger charge is -2.27. The Morgan fingerprint density at radius 1 is 1.35 bits per heavy atom. The van der Waals surface area contributed by atoms with Crippen LogP contribution in [0.2, 0.25) is 0 Å². The molecule has 4 nitrogen and oxygen atoms in total. The summed E-state index contributed by atoms with van der Waals surface area (Å²) in [6.07, 6.45) is 1.48. The predicted octanol–water partition coefficient (Wildman–Crippen LogP) is 2.18. The summed E-state index contributed by atoms with van der Waals surface area (Å²) < 4.78 is 5.31. The lowest BCUT2D eigenvalue weighted by Crippen LogP contribution is -2.41.